The number of carboxylic acids is 1. The number of aliphatic hydroxyl groups excluding tert-OH is 1. The molecule has 2 aliphatic rings. The Bertz CT molecular complexity index is 5090. The molecule has 12 rings (SSSR count). The molecule has 1 amide bonds. The molecular formula is C79H86Cl5LiN12O18S2. The van der Waals surface area contributed by atoms with E-state index in [1.54, 1.807) is 93.8 Å². The van der Waals surface area contributed by atoms with Crippen molar-refractivity contribution in [3.8, 4) is 28.7 Å². The first-order valence-corrected chi connectivity index (χ1v) is 40.1. The van der Waals surface area contributed by atoms with Crippen LogP contribution in [0.4, 0.5) is 34.6 Å². The van der Waals surface area contributed by atoms with Crippen LogP contribution in [-0.4, -0.2) is 183 Å². The quantitative estimate of drug-likeness (QED) is 0.0178. The molecule has 2 fully saturated rings. The third-order valence-electron chi connectivity index (χ3n) is 16.6. The van der Waals surface area contributed by atoms with Gasteiger partial charge in [-0.05, 0) is 146 Å². The van der Waals surface area contributed by atoms with Gasteiger partial charge in [-0.25, -0.2) is 51.2 Å². The summed E-state index contributed by atoms with van der Waals surface area (Å²) in [5.41, 5.74) is 11.7. The number of nitrogen functional groups attached to an aromatic ring is 1. The average molecular weight is 1740 g/mol. The van der Waals surface area contributed by atoms with Crippen molar-refractivity contribution in [2.45, 2.75) is 36.4 Å². The topological polar surface area (TPSA) is 407 Å². The predicted molar refractivity (Wildman–Crippen MR) is 447 cm³/mol. The Labute approximate surface area is 714 Å². The van der Waals surface area contributed by atoms with Crippen molar-refractivity contribution in [1.82, 2.24) is 30.2 Å². The molecule has 0 saturated carbocycles. The monoisotopic (exact) mass is 1740 g/mol. The molecule has 0 unspecified atom stereocenters. The van der Waals surface area contributed by atoms with Gasteiger partial charge in [0.15, 0.2) is 0 Å². The zero-order valence-corrected chi connectivity index (χ0v) is 70.3. The van der Waals surface area contributed by atoms with E-state index in [-0.39, 0.29) is 80.5 Å². The van der Waals surface area contributed by atoms with Crippen molar-refractivity contribution >= 4 is 135 Å². The van der Waals surface area contributed by atoms with E-state index in [4.69, 9.17) is 96.3 Å². The summed E-state index contributed by atoms with van der Waals surface area (Å²) in [6.07, 6.45) is 5.53. The van der Waals surface area contributed by atoms with E-state index < -0.39 is 31.0 Å². The van der Waals surface area contributed by atoms with E-state index in [2.05, 4.69) is 61.2 Å². The van der Waals surface area contributed by atoms with Crippen molar-refractivity contribution < 1.29 is 104 Å². The molecular weight excluding hydrogens is 1650 g/mol. The van der Waals surface area contributed by atoms with Gasteiger partial charge in [0.1, 0.15) is 61.8 Å². The number of methoxy groups -OCH3 is 6. The summed E-state index contributed by atoms with van der Waals surface area (Å²) >= 11 is 23.5. The van der Waals surface area contributed by atoms with E-state index >= 15 is 0 Å². The molecule has 618 valence electrons. The Kier molecular flexibility index (Phi) is 40.5. The number of anilines is 6. The number of nitrogens with one attached hydrogen (secondary N) is 4. The minimum atomic E-state index is -4.00. The van der Waals surface area contributed by atoms with Crippen molar-refractivity contribution in [3.05, 3.63) is 254 Å². The molecule has 10 aromatic rings. The Morgan fingerprint density at radius 2 is 0.932 bits per heavy atom. The Morgan fingerprint density at radius 3 is 1.40 bits per heavy atom. The number of para-hydroxylation sites is 3. The molecule has 2 aliphatic heterocycles. The van der Waals surface area contributed by atoms with E-state index in [0.29, 0.717) is 95.1 Å². The van der Waals surface area contributed by atoms with Gasteiger partial charge >= 0.3 is 36.8 Å². The number of amides is 1. The number of sulfonamides is 1. The van der Waals surface area contributed by atoms with Crippen LogP contribution in [0.25, 0.3) is 0 Å². The maximum absolute atomic E-state index is 13.0. The van der Waals surface area contributed by atoms with Crippen LogP contribution in [0.2, 0.25) is 20.1 Å². The maximum Gasteiger partial charge on any atom is 1.00 e. The molecule has 0 bridgehead atoms. The molecule has 6 heterocycles. The Balaban J connectivity index is 0.000000261. The summed E-state index contributed by atoms with van der Waals surface area (Å²) < 4.78 is 85.3. The fourth-order valence-electron chi connectivity index (χ4n) is 10.8. The van der Waals surface area contributed by atoms with E-state index in [1.807, 2.05) is 54.6 Å². The van der Waals surface area contributed by atoms with Crippen molar-refractivity contribution in [1.29, 1.82) is 0 Å². The van der Waals surface area contributed by atoms with Gasteiger partial charge in [0.25, 0.3) is 25.0 Å². The number of halogens is 5. The molecule has 0 radical (unpaired) electrons. The number of benzene rings is 6. The standard InChI is InChI=1S/C24H25ClN4O5S.C16H17ClN2O3.C14H13ClN2O3.C11H16N2O.C7H6Cl2O3S.C7H8N2O2.Li.H2O/c1-33-20-6-4-3-5-19(20)28-11-13-29(14-12-28)24(30)17-7-10-23(26-16-17)27-35(31,32)22-15-18(25)8-9-21(22)34-2;1-3-22-16(20)11-4-7-15(18-9-11)19-10-12-8-13(17)5-6-14(12)21-2;1-20-12-4-3-11(15)6-10(12)8-17-13-5-2-9(7-16-13)14(18)19;14-9-10-3-1-2-4-11(10)13-7-5-12-6-8-13;1-12-6-3-2-5(8)4-7(6)13(9,10)11;1-11-7(10)5-2-3-6(8)9-4-5;;/h3-10,15-16H,11-14H2,1-2H3,(H,26,27);4-9H,3,10H2,1-2H3,(H,18,19);2-7H,8H2,1H3,(H,16,17)(H,18,19);1-4,12,14H,5-9H2;2-4H,1H3;2-4H,1H3,(H2,8,9);;1H2/q;;;;;;+1;/p-1. The molecule has 117 heavy (non-hydrogen) atoms. The number of piperazine rings is 2. The number of hydrogen-bond acceptors (Lipinski definition) is 27. The number of carbonyl (C=O) groups is 4. The van der Waals surface area contributed by atoms with Gasteiger partial charge < -0.3 is 85.2 Å². The molecule has 4 aromatic heterocycles. The van der Waals surface area contributed by atoms with Gasteiger partial charge in [0, 0.05) is 143 Å². The van der Waals surface area contributed by atoms with Crippen LogP contribution in [-0.2, 0) is 48.2 Å². The maximum atomic E-state index is 13.0. The van der Waals surface area contributed by atoms with Gasteiger partial charge in [-0.1, -0.05) is 76.7 Å². The number of pyridine rings is 4. The van der Waals surface area contributed by atoms with Gasteiger partial charge in [0.2, 0.25) is 0 Å². The van der Waals surface area contributed by atoms with Crippen LogP contribution in [0.3, 0.4) is 0 Å². The minimum absolute atomic E-state index is 0. The largest absolute Gasteiger partial charge is 1.00 e. The second kappa shape index (κ2) is 48.8. The number of nitrogens with zero attached hydrogens (tertiary/aromatic N) is 7. The molecule has 2 saturated heterocycles. The van der Waals surface area contributed by atoms with Crippen LogP contribution in [0, 0.1) is 0 Å². The van der Waals surface area contributed by atoms with Crippen LogP contribution in [0.1, 0.15) is 65.0 Å². The van der Waals surface area contributed by atoms with Crippen molar-refractivity contribution in [2.24, 2.45) is 0 Å². The Hall–Kier alpha value is -10.6. The normalized spacial score (nSPS) is 12.0. The smallest absolute Gasteiger partial charge is 0.870 e. The molecule has 30 nitrogen and oxygen atoms in total. The first-order chi connectivity index (χ1) is 55.1. The molecule has 38 heteroatoms. The zero-order valence-electron chi connectivity index (χ0n) is 64.8. The second-order valence-corrected chi connectivity index (χ2v) is 29.9. The number of ether oxygens (including phenoxy) is 7. The molecule has 0 atom stereocenters. The van der Waals surface area contributed by atoms with Crippen molar-refractivity contribution in [3.63, 3.8) is 0 Å². The predicted octanol–water partition coefficient (Wildman–Crippen LogP) is 10.2. The van der Waals surface area contributed by atoms with Gasteiger partial charge in [-0.15, -0.1) is 0 Å². The van der Waals surface area contributed by atoms with E-state index in [1.165, 1.54) is 100 Å². The summed E-state index contributed by atoms with van der Waals surface area (Å²) in [7, 11) is 6.23. The second-order valence-electron chi connectivity index (χ2n) is 24.0. The summed E-state index contributed by atoms with van der Waals surface area (Å²) in [6, 6.07) is 47.7. The van der Waals surface area contributed by atoms with Gasteiger partial charge in [-0.3, -0.25) is 9.52 Å². The fraction of sp³-hybridized carbons (Fsp3) is 0.241. The molecule has 0 spiro atoms. The number of aromatic carboxylic acids is 1. The fourth-order valence-corrected chi connectivity index (χ4v) is 13.9. The number of nitrogens with two attached hydrogens (primary N) is 1. The third kappa shape index (κ3) is 30.1. The Morgan fingerprint density at radius 1 is 0.496 bits per heavy atom. The number of carboxylic acid groups (broad SMARTS) is 1. The number of aliphatic hydroxyl groups is 1. The summed E-state index contributed by atoms with van der Waals surface area (Å²) in [4.78, 5) is 68.2. The summed E-state index contributed by atoms with van der Waals surface area (Å²) in [5, 5.41) is 29.4. The van der Waals surface area contributed by atoms with Crippen LogP contribution < -0.4 is 78.8 Å². The molecule has 0 aliphatic carbocycles. The zero-order chi connectivity index (χ0) is 83.6. The number of carbonyl (C=O) groups excluding carboxylic acids is 3. The van der Waals surface area contributed by atoms with E-state index in [0.717, 1.165) is 65.8 Å². The van der Waals surface area contributed by atoms with Crippen LogP contribution >= 0.6 is 57.1 Å². The summed E-state index contributed by atoms with van der Waals surface area (Å²) in [6.45, 7) is 9.73. The first kappa shape index (κ1) is 97.0. The molecule has 6 aromatic carbocycles. The van der Waals surface area contributed by atoms with E-state index in [9.17, 15) is 41.1 Å². The number of hydrogen-bond donors (Lipinski definition) is 7. The third-order valence-corrected chi connectivity index (χ3v) is 20.2. The van der Waals surface area contributed by atoms with Crippen molar-refractivity contribution in [2.75, 3.05) is 133 Å². The van der Waals surface area contributed by atoms with Crippen LogP contribution in [0.5, 0.6) is 28.7 Å². The first-order valence-electron chi connectivity index (χ1n) is 34.8. The van der Waals surface area contributed by atoms with Crippen LogP contribution in [0.15, 0.2) is 204 Å². The number of rotatable bonds is 23. The van der Waals surface area contributed by atoms with Gasteiger partial charge in [-0.2, -0.15) is 0 Å². The van der Waals surface area contributed by atoms with Gasteiger partial charge in [0.05, 0.1) is 83.8 Å². The molecule has 9 N–H and O–H groups in total. The SMILES string of the molecule is CCOC(=O)c1ccc(NCc2cc(Cl)ccc2OC)nc1.COC(=O)c1ccc(N)nc1.COc1ccc(Cl)cc1CNc1ccc(C(=O)O)cn1.COc1ccc(Cl)cc1S(=O)(=O)Cl.COc1ccccc1N1CCN(C(=O)c2ccc(NS(=O)(=O)c3cc(Cl)ccc3OC)nc2)CC1.OCc1ccccc1N1CCNCC1.[Li+].[OH-]. The number of esters is 2. The summed E-state index contributed by atoms with van der Waals surface area (Å²) in [5.74, 6) is 2.35. The number of aromatic nitrogens is 4. The minimum Gasteiger partial charge on any atom is -0.870 e. The average Bonchev–Trinajstić information content (AvgIpc) is 0.802.